The molecule has 18 heavy (non-hydrogen) atoms. The van der Waals surface area contributed by atoms with Gasteiger partial charge in [-0.25, -0.2) is 0 Å². The first-order valence-corrected chi connectivity index (χ1v) is 6.94. The lowest BCUT2D eigenvalue weighted by Crippen LogP contribution is -2.34. The molecule has 0 aromatic heterocycles. The Labute approximate surface area is 112 Å². The van der Waals surface area contributed by atoms with E-state index in [2.05, 4.69) is 5.32 Å². The molecule has 0 aromatic carbocycles. The van der Waals surface area contributed by atoms with Gasteiger partial charge in [0.1, 0.15) is 0 Å². The van der Waals surface area contributed by atoms with E-state index in [0.29, 0.717) is 18.1 Å². The van der Waals surface area contributed by atoms with Gasteiger partial charge in [0.25, 0.3) is 0 Å². The number of amides is 1. The number of hydrogen-bond donors (Lipinski definition) is 2. The average Bonchev–Trinajstić information content (AvgIpc) is 2.22. The van der Waals surface area contributed by atoms with Crippen LogP contribution in [0.15, 0.2) is 0 Å². The van der Waals surface area contributed by atoms with Crippen molar-refractivity contribution in [1.29, 1.82) is 0 Å². The largest absolute Gasteiger partial charge is 0.481 e. The molecule has 1 amide bonds. The van der Waals surface area contributed by atoms with Crippen LogP contribution in [-0.2, 0) is 14.4 Å². The molecule has 0 fully saturated rings. The van der Waals surface area contributed by atoms with Crippen LogP contribution in [0.1, 0.15) is 33.6 Å². The molecular weight excluding hydrogens is 254 g/mol. The second-order valence-electron chi connectivity index (χ2n) is 4.56. The topological polar surface area (TPSA) is 83.5 Å². The molecule has 6 heteroatoms. The molecule has 104 valence electrons. The highest BCUT2D eigenvalue weighted by molar-refractivity contribution is 8.13. The normalized spacial score (nSPS) is 12.2. The van der Waals surface area contributed by atoms with Crippen molar-refractivity contribution in [2.75, 3.05) is 12.3 Å². The van der Waals surface area contributed by atoms with E-state index in [4.69, 9.17) is 5.11 Å². The van der Waals surface area contributed by atoms with Gasteiger partial charge in [0.05, 0.1) is 6.42 Å². The van der Waals surface area contributed by atoms with E-state index in [1.165, 1.54) is 6.92 Å². The summed E-state index contributed by atoms with van der Waals surface area (Å²) in [7, 11) is 0. The summed E-state index contributed by atoms with van der Waals surface area (Å²) in [6.45, 7) is 5.62. The summed E-state index contributed by atoms with van der Waals surface area (Å²) in [4.78, 5) is 33.1. The van der Waals surface area contributed by atoms with E-state index in [9.17, 15) is 14.4 Å². The summed E-state index contributed by atoms with van der Waals surface area (Å²) in [5.41, 5.74) is 0. The van der Waals surface area contributed by atoms with Crippen molar-refractivity contribution in [3.63, 3.8) is 0 Å². The van der Waals surface area contributed by atoms with Crippen molar-refractivity contribution < 1.29 is 19.5 Å². The maximum absolute atomic E-state index is 11.8. The van der Waals surface area contributed by atoms with Gasteiger partial charge in [-0.1, -0.05) is 25.6 Å². The molecule has 0 saturated carbocycles. The summed E-state index contributed by atoms with van der Waals surface area (Å²) >= 11 is 1.13. The minimum atomic E-state index is -0.936. The highest BCUT2D eigenvalue weighted by Gasteiger charge is 2.20. The lowest BCUT2D eigenvalue weighted by atomic mass is 9.98. The molecule has 0 aliphatic rings. The van der Waals surface area contributed by atoms with E-state index in [1.54, 1.807) is 0 Å². The minimum absolute atomic E-state index is 0.0120. The smallest absolute Gasteiger partial charge is 0.305 e. The molecule has 0 rings (SSSR count). The number of carboxylic acids is 1. The molecule has 1 atom stereocenters. The van der Waals surface area contributed by atoms with E-state index < -0.39 is 5.97 Å². The van der Waals surface area contributed by atoms with Crippen molar-refractivity contribution in [3.05, 3.63) is 0 Å². The van der Waals surface area contributed by atoms with Crippen LogP contribution in [0.5, 0.6) is 0 Å². The van der Waals surface area contributed by atoms with Gasteiger partial charge in [0.15, 0.2) is 5.12 Å². The number of aliphatic carboxylic acids is 1. The maximum atomic E-state index is 11.8. The Morgan fingerprint density at radius 2 is 1.89 bits per heavy atom. The number of nitrogens with one attached hydrogen (secondary N) is 1. The Kier molecular flexibility index (Phi) is 8.45. The zero-order valence-corrected chi connectivity index (χ0v) is 11.9. The SMILES string of the molecule is CC(=O)SCC(CC(C)C)C(=O)NCCC(=O)O. The van der Waals surface area contributed by atoms with Gasteiger partial charge in [-0.05, 0) is 12.3 Å². The van der Waals surface area contributed by atoms with Crippen LogP contribution < -0.4 is 5.32 Å². The third-order valence-corrected chi connectivity index (χ3v) is 3.23. The van der Waals surface area contributed by atoms with E-state index in [1.807, 2.05) is 13.8 Å². The van der Waals surface area contributed by atoms with Gasteiger partial charge < -0.3 is 10.4 Å². The number of rotatable bonds is 8. The van der Waals surface area contributed by atoms with Crippen LogP contribution in [0, 0.1) is 11.8 Å². The first kappa shape index (κ1) is 17.0. The molecule has 0 spiro atoms. The fourth-order valence-electron chi connectivity index (χ4n) is 1.47. The molecule has 5 nitrogen and oxygen atoms in total. The molecule has 0 aliphatic carbocycles. The first-order chi connectivity index (χ1) is 8.32. The summed E-state index contributed by atoms with van der Waals surface area (Å²) in [5.74, 6) is -0.542. The van der Waals surface area contributed by atoms with Crippen LogP contribution >= 0.6 is 11.8 Å². The molecule has 1 unspecified atom stereocenters. The predicted octanol–water partition coefficient (Wildman–Crippen LogP) is 1.52. The van der Waals surface area contributed by atoms with Crippen LogP contribution in [0.2, 0.25) is 0 Å². The van der Waals surface area contributed by atoms with Gasteiger partial charge in [-0.2, -0.15) is 0 Å². The van der Waals surface area contributed by atoms with Gasteiger partial charge in [-0.3, -0.25) is 14.4 Å². The Balaban J connectivity index is 4.21. The second kappa shape index (κ2) is 8.97. The highest BCUT2D eigenvalue weighted by atomic mass is 32.2. The first-order valence-electron chi connectivity index (χ1n) is 5.95. The lowest BCUT2D eigenvalue weighted by Gasteiger charge is -2.17. The third-order valence-electron chi connectivity index (χ3n) is 2.25. The number of carbonyl (C=O) groups is 3. The quantitative estimate of drug-likeness (QED) is 0.701. The molecule has 0 aromatic rings. The molecular formula is C12H21NO4S. The summed E-state index contributed by atoms with van der Waals surface area (Å²) < 4.78 is 0. The third kappa shape index (κ3) is 9.04. The van der Waals surface area contributed by atoms with Crippen LogP contribution in [0.4, 0.5) is 0 Å². The summed E-state index contributed by atoms with van der Waals surface area (Å²) in [5, 5.41) is 11.1. The van der Waals surface area contributed by atoms with Crippen LogP contribution in [0.25, 0.3) is 0 Å². The van der Waals surface area contributed by atoms with Gasteiger partial charge >= 0.3 is 5.97 Å². The van der Waals surface area contributed by atoms with Crippen LogP contribution in [-0.4, -0.2) is 34.4 Å². The molecule has 0 heterocycles. The van der Waals surface area contributed by atoms with E-state index in [-0.39, 0.29) is 29.9 Å². The lowest BCUT2D eigenvalue weighted by molar-refractivity contribution is -0.137. The monoisotopic (exact) mass is 275 g/mol. The van der Waals surface area contributed by atoms with Crippen molar-refractivity contribution >= 4 is 28.8 Å². The molecule has 0 saturated heterocycles. The number of carbonyl (C=O) groups excluding carboxylic acids is 2. The number of carboxylic acid groups (broad SMARTS) is 1. The van der Waals surface area contributed by atoms with Gasteiger partial charge in [0.2, 0.25) is 5.91 Å². The summed E-state index contributed by atoms with van der Waals surface area (Å²) in [6, 6.07) is 0. The highest BCUT2D eigenvalue weighted by Crippen LogP contribution is 2.18. The average molecular weight is 275 g/mol. The van der Waals surface area contributed by atoms with Crippen molar-refractivity contribution in [2.45, 2.75) is 33.6 Å². The molecule has 0 aliphatic heterocycles. The Morgan fingerprint density at radius 1 is 1.28 bits per heavy atom. The molecule has 0 bridgehead atoms. The zero-order chi connectivity index (χ0) is 14.1. The standard InChI is InChI=1S/C12H21NO4S/c1-8(2)6-10(7-18-9(3)14)12(17)13-5-4-11(15)16/h8,10H,4-7H2,1-3H3,(H,13,17)(H,15,16). The molecule has 0 radical (unpaired) electrons. The van der Waals surface area contributed by atoms with Crippen molar-refractivity contribution in [1.82, 2.24) is 5.32 Å². The van der Waals surface area contributed by atoms with Crippen LogP contribution in [0.3, 0.4) is 0 Å². The predicted molar refractivity (Wildman–Crippen MR) is 71.3 cm³/mol. The Hall–Kier alpha value is -1.04. The Morgan fingerprint density at radius 3 is 2.33 bits per heavy atom. The maximum Gasteiger partial charge on any atom is 0.305 e. The fraction of sp³-hybridized carbons (Fsp3) is 0.750. The number of thioether (sulfide) groups is 1. The van der Waals surface area contributed by atoms with Gasteiger partial charge in [0, 0.05) is 25.1 Å². The second-order valence-corrected chi connectivity index (χ2v) is 5.76. The molecule has 2 N–H and O–H groups in total. The minimum Gasteiger partial charge on any atom is -0.481 e. The van der Waals surface area contributed by atoms with Crippen molar-refractivity contribution in [2.24, 2.45) is 11.8 Å². The fourth-order valence-corrected chi connectivity index (χ4v) is 2.20. The zero-order valence-electron chi connectivity index (χ0n) is 11.1. The number of hydrogen-bond acceptors (Lipinski definition) is 4. The summed E-state index contributed by atoms with van der Waals surface area (Å²) in [6.07, 6.45) is 0.610. The van der Waals surface area contributed by atoms with E-state index >= 15 is 0 Å². The van der Waals surface area contributed by atoms with Crippen molar-refractivity contribution in [3.8, 4) is 0 Å². The van der Waals surface area contributed by atoms with Gasteiger partial charge in [-0.15, -0.1) is 0 Å². The Bertz CT molecular complexity index is 304. The van der Waals surface area contributed by atoms with E-state index in [0.717, 1.165) is 11.8 Å².